The Hall–Kier alpha value is -3.00. The average molecular weight is 499 g/mol. The molecule has 0 aliphatic heterocycles. The molecule has 188 valence electrons. The number of carbonyl (C=O) groups is 3. The zero-order valence-corrected chi connectivity index (χ0v) is 21.4. The summed E-state index contributed by atoms with van der Waals surface area (Å²) in [6.45, 7) is 5.67. The molecule has 3 atom stereocenters. The second kappa shape index (κ2) is 12.1. The Kier molecular flexibility index (Phi) is 9.20. The third kappa shape index (κ3) is 6.36. The fraction of sp³-hybridized carbons (Fsp3) is 0.444. The second-order valence-electron chi connectivity index (χ2n) is 9.21. The molecular weight excluding hydrogens is 464 g/mol. The van der Waals surface area contributed by atoms with E-state index in [4.69, 9.17) is 4.74 Å². The van der Waals surface area contributed by atoms with Crippen LogP contribution in [0.2, 0.25) is 0 Å². The number of amides is 2. The lowest BCUT2D eigenvalue weighted by molar-refractivity contribution is -0.143. The lowest BCUT2D eigenvalue weighted by atomic mass is 9.88. The van der Waals surface area contributed by atoms with E-state index in [1.165, 1.54) is 11.8 Å². The minimum atomic E-state index is -1.06. The first-order chi connectivity index (χ1) is 16.7. The van der Waals surface area contributed by atoms with E-state index in [9.17, 15) is 19.5 Å². The van der Waals surface area contributed by atoms with E-state index in [1.807, 2.05) is 44.4 Å². The molecule has 2 aromatic carbocycles. The molecule has 2 aromatic rings. The number of nitrogens with one attached hydrogen (secondary N) is 2. The molecule has 0 spiro atoms. The smallest absolute Gasteiger partial charge is 0.407 e. The quantitative estimate of drug-likeness (QED) is 0.421. The Morgan fingerprint density at radius 1 is 0.971 bits per heavy atom. The molecule has 0 fully saturated rings. The molecule has 0 aromatic heterocycles. The van der Waals surface area contributed by atoms with Gasteiger partial charge in [0.15, 0.2) is 0 Å². The van der Waals surface area contributed by atoms with Gasteiger partial charge in [-0.05, 0) is 53.5 Å². The Labute approximate surface area is 211 Å². The molecule has 0 saturated carbocycles. The van der Waals surface area contributed by atoms with Crippen molar-refractivity contribution >= 4 is 29.7 Å². The molecule has 0 radical (unpaired) electrons. The molecule has 0 bridgehead atoms. The third-order valence-electron chi connectivity index (χ3n) is 6.47. The molecular formula is C27H34N2O5S. The summed E-state index contributed by atoms with van der Waals surface area (Å²) in [6, 6.07) is 14.7. The fourth-order valence-electron chi connectivity index (χ4n) is 4.78. The van der Waals surface area contributed by atoms with Crippen LogP contribution in [0.5, 0.6) is 0 Å². The van der Waals surface area contributed by atoms with Crippen LogP contribution < -0.4 is 10.6 Å². The van der Waals surface area contributed by atoms with E-state index in [0.29, 0.717) is 12.2 Å². The van der Waals surface area contributed by atoms with Crippen molar-refractivity contribution in [2.75, 3.05) is 18.6 Å². The first kappa shape index (κ1) is 26.6. The van der Waals surface area contributed by atoms with Crippen LogP contribution in [0.1, 0.15) is 44.2 Å². The van der Waals surface area contributed by atoms with Gasteiger partial charge in [0.1, 0.15) is 12.6 Å². The molecule has 3 N–H and O–H groups in total. The second-order valence-corrected chi connectivity index (χ2v) is 10.2. The fourth-order valence-corrected chi connectivity index (χ4v) is 5.26. The minimum absolute atomic E-state index is 0.0552. The molecule has 0 saturated heterocycles. The van der Waals surface area contributed by atoms with Gasteiger partial charge in [0.2, 0.25) is 5.91 Å². The topological polar surface area (TPSA) is 105 Å². The number of benzene rings is 2. The Morgan fingerprint density at radius 3 is 2.06 bits per heavy atom. The van der Waals surface area contributed by atoms with Crippen molar-refractivity contribution in [2.24, 2.45) is 11.8 Å². The van der Waals surface area contributed by atoms with Crippen molar-refractivity contribution in [1.29, 1.82) is 0 Å². The van der Waals surface area contributed by atoms with E-state index >= 15 is 0 Å². The number of hydrogen-bond acceptors (Lipinski definition) is 5. The van der Waals surface area contributed by atoms with Crippen molar-refractivity contribution in [2.45, 2.75) is 45.2 Å². The van der Waals surface area contributed by atoms with Crippen LogP contribution in [0.3, 0.4) is 0 Å². The predicted molar refractivity (Wildman–Crippen MR) is 139 cm³/mol. The van der Waals surface area contributed by atoms with E-state index < -0.39 is 30.1 Å². The molecule has 3 rings (SSSR count). The van der Waals surface area contributed by atoms with Gasteiger partial charge in [0, 0.05) is 12.0 Å². The number of carboxylic acids is 1. The summed E-state index contributed by atoms with van der Waals surface area (Å²) in [5, 5.41) is 14.9. The monoisotopic (exact) mass is 498 g/mol. The number of hydrogen-bond donors (Lipinski definition) is 3. The number of aliphatic carboxylic acids is 1. The zero-order chi connectivity index (χ0) is 25.5. The van der Waals surface area contributed by atoms with Crippen molar-refractivity contribution in [1.82, 2.24) is 10.6 Å². The molecule has 3 unspecified atom stereocenters. The number of rotatable bonds is 11. The maximum Gasteiger partial charge on any atom is 0.407 e. The van der Waals surface area contributed by atoms with Crippen LogP contribution >= 0.6 is 11.8 Å². The molecule has 1 aliphatic rings. The van der Waals surface area contributed by atoms with Crippen LogP contribution in [0.15, 0.2) is 48.5 Å². The van der Waals surface area contributed by atoms with Crippen LogP contribution in [0.25, 0.3) is 11.1 Å². The first-order valence-electron chi connectivity index (χ1n) is 11.9. The highest BCUT2D eigenvalue weighted by Crippen LogP contribution is 2.44. The standard InChI is InChI=1S/C27H34N2O5S/c1-16(2)24(25(30)29-23(26(31)32)13-14-35-4)17(3)28-27(33)34-15-22-20-11-7-5-9-18(20)19-10-6-8-12-21(19)22/h5-12,16-17,22-24H,13-15H2,1-4H3,(H,28,33)(H,29,30)(H,31,32). The van der Waals surface area contributed by atoms with Crippen LogP contribution in [-0.4, -0.2) is 53.8 Å². The van der Waals surface area contributed by atoms with Crippen LogP contribution in [0.4, 0.5) is 4.79 Å². The molecule has 0 heterocycles. The maximum atomic E-state index is 13.0. The summed E-state index contributed by atoms with van der Waals surface area (Å²) in [5.74, 6) is -1.61. The van der Waals surface area contributed by atoms with E-state index in [0.717, 1.165) is 22.3 Å². The Balaban J connectivity index is 1.62. The highest BCUT2D eigenvalue weighted by atomic mass is 32.2. The highest BCUT2D eigenvalue weighted by Gasteiger charge is 2.33. The van der Waals surface area contributed by atoms with Gasteiger partial charge in [0.25, 0.3) is 0 Å². The van der Waals surface area contributed by atoms with Crippen LogP contribution in [-0.2, 0) is 14.3 Å². The number of carboxylic acid groups (broad SMARTS) is 1. The van der Waals surface area contributed by atoms with Gasteiger partial charge in [0.05, 0.1) is 5.92 Å². The van der Waals surface area contributed by atoms with Gasteiger partial charge in [-0.15, -0.1) is 0 Å². The molecule has 1 aliphatic carbocycles. The van der Waals surface area contributed by atoms with Crippen molar-refractivity contribution < 1.29 is 24.2 Å². The van der Waals surface area contributed by atoms with Gasteiger partial charge < -0.3 is 20.5 Å². The Morgan fingerprint density at radius 2 is 1.54 bits per heavy atom. The number of alkyl carbamates (subject to hydrolysis) is 1. The van der Waals surface area contributed by atoms with Crippen molar-refractivity contribution in [3.8, 4) is 11.1 Å². The largest absolute Gasteiger partial charge is 0.480 e. The van der Waals surface area contributed by atoms with E-state index in [1.54, 1.807) is 6.92 Å². The molecule has 35 heavy (non-hydrogen) atoms. The lowest BCUT2D eigenvalue weighted by Gasteiger charge is -2.28. The van der Waals surface area contributed by atoms with E-state index in [-0.39, 0.29) is 24.3 Å². The molecule has 7 nitrogen and oxygen atoms in total. The summed E-state index contributed by atoms with van der Waals surface area (Å²) >= 11 is 1.52. The number of ether oxygens (including phenoxy) is 1. The zero-order valence-electron chi connectivity index (χ0n) is 20.6. The number of fused-ring (bicyclic) bond motifs is 3. The number of thioether (sulfide) groups is 1. The summed E-state index contributed by atoms with van der Waals surface area (Å²) < 4.78 is 5.61. The highest BCUT2D eigenvalue weighted by molar-refractivity contribution is 7.98. The lowest BCUT2D eigenvalue weighted by Crippen LogP contribution is -2.51. The maximum absolute atomic E-state index is 13.0. The SMILES string of the molecule is CSCCC(NC(=O)C(C(C)C)C(C)NC(=O)OCC1c2ccccc2-c2ccccc21)C(=O)O. The number of carbonyl (C=O) groups excluding carboxylic acids is 2. The molecule has 8 heteroatoms. The molecule has 2 amide bonds. The van der Waals surface area contributed by atoms with Gasteiger partial charge >= 0.3 is 12.1 Å². The summed E-state index contributed by atoms with van der Waals surface area (Å²) in [5.41, 5.74) is 4.55. The third-order valence-corrected chi connectivity index (χ3v) is 7.12. The normalized spacial score (nSPS) is 15.0. The van der Waals surface area contributed by atoms with Gasteiger partial charge in [-0.2, -0.15) is 11.8 Å². The summed E-state index contributed by atoms with van der Waals surface area (Å²) in [7, 11) is 0. The van der Waals surface area contributed by atoms with Gasteiger partial charge in [-0.1, -0.05) is 62.4 Å². The summed E-state index contributed by atoms with van der Waals surface area (Å²) in [4.78, 5) is 37.2. The average Bonchev–Trinajstić information content (AvgIpc) is 3.13. The van der Waals surface area contributed by atoms with E-state index in [2.05, 4.69) is 34.9 Å². The minimum Gasteiger partial charge on any atom is -0.480 e. The van der Waals surface area contributed by atoms with Gasteiger partial charge in [-0.3, -0.25) is 4.79 Å². The summed E-state index contributed by atoms with van der Waals surface area (Å²) in [6.07, 6.45) is 1.62. The first-order valence-corrected chi connectivity index (χ1v) is 13.3. The Bertz CT molecular complexity index is 1010. The van der Waals surface area contributed by atoms with Crippen LogP contribution in [0, 0.1) is 11.8 Å². The van der Waals surface area contributed by atoms with Crippen molar-refractivity contribution in [3.63, 3.8) is 0 Å². The van der Waals surface area contributed by atoms with Gasteiger partial charge in [-0.25, -0.2) is 9.59 Å². The van der Waals surface area contributed by atoms with Crippen molar-refractivity contribution in [3.05, 3.63) is 59.7 Å². The predicted octanol–water partition coefficient (Wildman–Crippen LogP) is 4.51.